The fourth-order valence-corrected chi connectivity index (χ4v) is 1.56. The number of ether oxygens (including phenoxy) is 1. The number of hydrogen-bond acceptors (Lipinski definition) is 3. The van der Waals surface area contributed by atoms with Crippen molar-refractivity contribution in [2.75, 3.05) is 19.7 Å². The highest BCUT2D eigenvalue weighted by molar-refractivity contribution is 5.91. The molecule has 1 aromatic rings. The molecule has 2 rings (SSSR count). The highest BCUT2D eigenvalue weighted by Gasteiger charge is 2.21. The lowest BCUT2D eigenvalue weighted by molar-refractivity contribution is -0.137. The number of rotatable bonds is 3. The van der Waals surface area contributed by atoms with Gasteiger partial charge in [-0.2, -0.15) is 0 Å². The first-order valence-corrected chi connectivity index (χ1v) is 7.10. The van der Waals surface area contributed by atoms with Crippen LogP contribution in [0.25, 0.3) is 0 Å². The van der Waals surface area contributed by atoms with Gasteiger partial charge in [0.05, 0.1) is 5.56 Å². The SMILES string of the molecule is CCC.Cc1ccc(C(=O)OCC(=O)N2CCC2)cc1. The number of likely N-dealkylation sites (tertiary alicyclic amines) is 1. The first-order valence-electron chi connectivity index (χ1n) is 7.10. The third-order valence-corrected chi connectivity index (χ3v) is 2.82. The first kappa shape index (κ1) is 16.2. The maximum Gasteiger partial charge on any atom is 0.338 e. The van der Waals surface area contributed by atoms with Gasteiger partial charge in [-0.05, 0) is 25.5 Å². The molecule has 0 bridgehead atoms. The molecule has 110 valence electrons. The van der Waals surface area contributed by atoms with Gasteiger partial charge in [-0.15, -0.1) is 0 Å². The molecule has 4 nitrogen and oxygen atoms in total. The second kappa shape index (κ2) is 8.35. The summed E-state index contributed by atoms with van der Waals surface area (Å²) in [5, 5.41) is 0. The fourth-order valence-electron chi connectivity index (χ4n) is 1.56. The minimum absolute atomic E-state index is 0.114. The van der Waals surface area contributed by atoms with Crippen molar-refractivity contribution < 1.29 is 14.3 Å². The van der Waals surface area contributed by atoms with Gasteiger partial charge in [0.1, 0.15) is 0 Å². The van der Waals surface area contributed by atoms with E-state index in [2.05, 4.69) is 13.8 Å². The summed E-state index contributed by atoms with van der Waals surface area (Å²) >= 11 is 0. The number of esters is 1. The lowest BCUT2D eigenvalue weighted by Gasteiger charge is -2.30. The van der Waals surface area contributed by atoms with Crippen molar-refractivity contribution in [2.45, 2.75) is 33.6 Å². The van der Waals surface area contributed by atoms with Crippen molar-refractivity contribution in [3.8, 4) is 0 Å². The molecule has 4 heteroatoms. The van der Waals surface area contributed by atoms with Gasteiger partial charge in [0.25, 0.3) is 5.91 Å². The summed E-state index contributed by atoms with van der Waals surface area (Å²) in [6.45, 7) is 7.59. The molecule has 1 amide bonds. The van der Waals surface area contributed by atoms with E-state index in [1.165, 1.54) is 6.42 Å². The van der Waals surface area contributed by atoms with Crippen LogP contribution in [0.4, 0.5) is 0 Å². The Bertz CT molecular complexity index is 436. The molecule has 0 unspecified atom stereocenters. The van der Waals surface area contributed by atoms with E-state index >= 15 is 0 Å². The van der Waals surface area contributed by atoms with Crippen LogP contribution in [0.15, 0.2) is 24.3 Å². The summed E-state index contributed by atoms with van der Waals surface area (Å²) in [7, 11) is 0. The molecular formula is C16H23NO3. The number of carbonyl (C=O) groups is 2. The molecule has 1 fully saturated rings. The van der Waals surface area contributed by atoms with E-state index in [-0.39, 0.29) is 12.5 Å². The second-order valence-electron chi connectivity index (χ2n) is 4.88. The largest absolute Gasteiger partial charge is 0.452 e. The zero-order valence-corrected chi connectivity index (χ0v) is 12.5. The zero-order chi connectivity index (χ0) is 15.0. The van der Waals surface area contributed by atoms with Gasteiger partial charge < -0.3 is 9.64 Å². The van der Waals surface area contributed by atoms with Gasteiger partial charge in [-0.25, -0.2) is 4.79 Å². The highest BCUT2D eigenvalue weighted by Crippen LogP contribution is 2.08. The molecule has 0 aromatic heterocycles. The Balaban J connectivity index is 0.000000612. The average Bonchev–Trinajstić information content (AvgIpc) is 2.36. The molecule has 1 aliphatic heterocycles. The Hall–Kier alpha value is -1.84. The Kier molecular flexibility index (Phi) is 6.77. The number of carbonyl (C=O) groups excluding carboxylic acids is 2. The zero-order valence-electron chi connectivity index (χ0n) is 12.5. The van der Waals surface area contributed by atoms with Gasteiger partial charge in [0, 0.05) is 13.1 Å². The van der Waals surface area contributed by atoms with E-state index in [0.29, 0.717) is 5.56 Å². The fraction of sp³-hybridized carbons (Fsp3) is 0.500. The van der Waals surface area contributed by atoms with Gasteiger partial charge >= 0.3 is 5.97 Å². The second-order valence-corrected chi connectivity index (χ2v) is 4.88. The molecule has 1 saturated heterocycles. The van der Waals surface area contributed by atoms with Gasteiger partial charge in [-0.3, -0.25) is 4.79 Å². The number of amides is 1. The van der Waals surface area contributed by atoms with Gasteiger partial charge in [-0.1, -0.05) is 38.0 Å². The smallest absolute Gasteiger partial charge is 0.338 e. The lowest BCUT2D eigenvalue weighted by atomic mass is 10.1. The van der Waals surface area contributed by atoms with Crippen molar-refractivity contribution in [1.29, 1.82) is 0 Å². The lowest BCUT2D eigenvalue weighted by Crippen LogP contribution is -2.44. The van der Waals surface area contributed by atoms with E-state index in [1.807, 2.05) is 19.1 Å². The highest BCUT2D eigenvalue weighted by atomic mass is 16.5. The first-order chi connectivity index (χ1) is 9.58. The molecular weight excluding hydrogens is 254 g/mol. The monoisotopic (exact) mass is 277 g/mol. The van der Waals surface area contributed by atoms with Crippen molar-refractivity contribution in [1.82, 2.24) is 4.90 Å². The number of hydrogen-bond donors (Lipinski definition) is 0. The summed E-state index contributed by atoms with van der Waals surface area (Å²) in [5.41, 5.74) is 1.56. The Morgan fingerprint density at radius 2 is 1.70 bits per heavy atom. The van der Waals surface area contributed by atoms with E-state index < -0.39 is 5.97 Å². The maximum absolute atomic E-state index is 11.6. The van der Waals surface area contributed by atoms with Crippen LogP contribution < -0.4 is 0 Å². The van der Waals surface area contributed by atoms with Gasteiger partial charge in [0.15, 0.2) is 6.61 Å². The molecule has 0 saturated carbocycles. The quantitative estimate of drug-likeness (QED) is 0.798. The van der Waals surface area contributed by atoms with Crippen LogP contribution in [0.3, 0.4) is 0 Å². The van der Waals surface area contributed by atoms with Crippen molar-refractivity contribution in [3.05, 3.63) is 35.4 Å². The Morgan fingerprint density at radius 1 is 1.15 bits per heavy atom. The minimum atomic E-state index is -0.445. The molecule has 20 heavy (non-hydrogen) atoms. The normalized spacial score (nSPS) is 12.8. The van der Waals surface area contributed by atoms with E-state index in [0.717, 1.165) is 25.1 Å². The minimum Gasteiger partial charge on any atom is -0.452 e. The standard InChI is InChI=1S/C13H15NO3.C3H8/c1-10-3-5-11(6-4-10)13(16)17-9-12(15)14-7-2-8-14;1-3-2/h3-6H,2,7-9H2,1H3;3H2,1-2H3. The maximum atomic E-state index is 11.6. The third kappa shape index (κ3) is 5.03. The van der Waals surface area contributed by atoms with Gasteiger partial charge in [0.2, 0.25) is 0 Å². The van der Waals surface area contributed by atoms with E-state index in [9.17, 15) is 9.59 Å². The van der Waals surface area contributed by atoms with Crippen LogP contribution >= 0.6 is 0 Å². The van der Waals surface area contributed by atoms with Crippen LogP contribution in [-0.2, 0) is 9.53 Å². The summed E-state index contributed by atoms with van der Waals surface area (Å²) < 4.78 is 4.96. The summed E-state index contributed by atoms with van der Waals surface area (Å²) in [4.78, 5) is 24.7. The topological polar surface area (TPSA) is 46.6 Å². The Labute approximate surface area is 120 Å². The molecule has 0 N–H and O–H groups in total. The molecule has 0 aliphatic carbocycles. The van der Waals surface area contributed by atoms with Crippen LogP contribution in [0.1, 0.15) is 42.6 Å². The average molecular weight is 277 g/mol. The number of aryl methyl sites for hydroxylation is 1. The Morgan fingerprint density at radius 3 is 2.15 bits per heavy atom. The van der Waals surface area contributed by atoms with Crippen molar-refractivity contribution >= 4 is 11.9 Å². The molecule has 1 heterocycles. The summed E-state index contributed by atoms with van der Waals surface area (Å²) in [6, 6.07) is 7.08. The molecule has 1 aromatic carbocycles. The summed E-state index contributed by atoms with van der Waals surface area (Å²) in [5.74, 6) is -0.560. The predicted molar refractivity (Wildman–Crippen MR) is 78.6 cm³/mol. The van der Waals surface area contributed by atoms with Crippen molar-refractivity contribution in [3.63, 3.8) is 0 Å². The van der Waals surface area contributed by atoms with Crippen LogP contribution in [0, 0.1) is 6.92 Å². The molecule has 1 aliphatic rings. The van der Waals surface area contributed by atoms with Crippen LogP contribution in [0.2, 0.25) is 0 Å². The summed E-state index contributed by atoms with van der Waals surface area (Å²) in [6.07, 6.45) is 2.29. The number of nitrogens with zero attached hydrogens (tertiary/aromatic N) is 1. The number of benzene rings is 1. The molecule has 0 atom stereocenters. The van der Waals surface area contributed by atoms with E-state index in [4.69, 9.17) is 4.74 Å². The van der Waals surface area contributed by atoms with E-state index in [1.54, 1.807) is 17.0 Å². The van der Waals surface area contributed by atoms with Crippen molar-refractivity contribution in [2.24, 2.45) is 0 Å². The van der Waals surface area contributed by atoms with Crippen LogP contribution in [-0.4, -0.2) is 36.5 Å². The van der Waals surface area contributed by atoms with Crippen LogP contribution in [0.5, 0.6) is 0 Å². The predicted octanol–water partition coefficient (Wildman–Crippen LogP) is 2.80. The third-order valence-electron chi connectivity index (χ3n) is 2.82. The molecule has 0 radical (unpaired) electrons. The molecule has 0 spiro atoms.